The van der Waals surface area contributed by atoms with E-state index in [2.05, 4.69) is 0 Å². The first-order chi connectivity index (χ1) is 8.74. The Labute approximate surface area is 132 Å². The van der Waals surface area contributed by atoms with Gasteiger partial charge >= 0.3 is 34.5 Å². The van der Waals surface area contributed by atoms with Crippen LogP contribution in [0.5, 0.6) is 0 Å². The van der Waals surface area contributed by atoms with Gasteiger partial charge < -0.3 is 20.4 Å². The van der Waals surface area contributed by atoms with E-state index in [1.807, 2.05) is 13.8 Å². The van der Waals surface area contributed by atoms with Gasteiger partial charge in [-0.1, -0.05) is 13.8 Å². The fourth-order valence-corrected chi connectivity index (χ4v) is 1.12. The summed E-state index contributed by atoms with van der Waals surface area (Å²) in [6.07, 6.45) is 1.06. The zero-order valence-corrected chi connectivity index (χ0v) is 15.3. The normalized spacial score (nSPS) is 16.3. The van der Waals surface area contributed by atoms with E-state index in [0.717, 1.165) is 12.8 Å². The molecule has 0 saturated heterocycles. The molecule has 4 nitrogen and oxygen atoms in total. The van der Waals surface area contributed by atoms with Crippen LogP contribution < -0.4 is 0 Å². The van der Waals surface area contributed by atoms with Gasteiger partial charge in [-0.2, -0.15) is 0 Å². The fraction of sp³-hybridized carbons (Fsp3) is 1.00. The van der Waals surface area contributed by atoms with Gasteiger partial charge in [0.25, 0.3) is 0 Å². The Kier molecular flexibility index (Phi) is 25.1. The van der Waals surface area contributed by atoms with Crippen LogP contribution in [0.15, 0.2) is 0 Å². The summed E-state index contributed by atoms with van der Waals surface area (Å²) in [5.41, 5.74) is 0. The van der Waals surface area contributed by atoms with Crippen LogP contribution >= 0.6 is 19.4 Å². The van der Waals surface area contributed by atoms with Crippen molar-refractivity contribution >= 4 is 19.4 Å². The fourth-order valence-electron chi connectivity index (χ4n) is 1.12. The van der Waals surface area contributed by atoms with Crippen molar-refractivity contribution in [1.29, 1.82) is 0 Å². The predicted octanol–water partition coefficient (Wildman–Crippen LogP) is 2.43. The van der Waals surface area contributed by atoms with Gasteiger partial charge in [-0.05, 0) is 39.5 Å². The van der Waals surface area contributed by atoms with Crippen LogP contribution in [-0.4, -0.2) is 44.8 Å². The Morgan fingerprint density at radius 3 is 1.05 bits per heavy atom. The first-order valence-electron chi connectivity index (χ1n) is 6.32. The Bertz CT molecular complexity index is 147. The van der Waals surface area contributed by atoms with Gasteiger partial charge in [0.05, 0.1) is 24.4 Å². The third kappa shape index (κ3) is 32.5. The monoisotopic (exact) mass is 408 g/mol. The summed E-state index contributed by atoms with van der Waals surface area (Å²) in [5.74, 6) is 0. The van der Waals surface area contributed by atoms with Gasteiger partial charge in [-0.3, -0.25) is 0 Å². The number of rotatable bonds is 6. The number of hydrogen-bond acceptors (Lipinski definition) is 4. The van der Waals surface area contributed by atoms with Crippen LogP contribution in [0.1, 0.15) is 53.4 Å². The second kappa shape index (κ2) is 19.0. The number of aliphatic hydroxyl groups excluding tert-OH is 4. The van der Waals surface area contributed by atoms with E-state index >= 15 is 0 Å². The van der Waals surface area contributed by atoms with Crippen molar-refractivity contribution in [3.8, 4) is 0 Å². The van der Waals surface area contributed by atoms with Gasteiger partial charge in [0.1, 0.15) is 0 Å². The molecule has 4 atom stereocenters. The predicted molar refractivity (Wildman–Crippen MR) is 76.9 cm³/mol. The van der Waals surface area contributed by atoms with Crippen molar-refractivity contribution in [2.75, 3.05) is 0 Å². The number of halogens is 2. The minimum absolute atomic E-state index is 0.324. The molecular weight excluding hydrogens is 380 g/mol. The van der Waals surface area contributed by atoms with E-state index in [1.165, 1.54) is 0 Å². The maximum absolute atomic E-state index is 8.87. The minimum atomic E-state index is -0.370. The van der Waals surface area contributed by atoms with Gasteiger partial charge in [-0.15, -0.1) is 0 Å². The molecule has 0 amide bonds. The van der Waals surface area contributed by atoms with Gasteiger partial charge in [0.2, 0.25) is 0 Å². The SMILES string of the molecule is CCC(O)CC(C)O.CCC(O)CC(C)O.[Cl][Ru][Cl]. The summed E-state index contributed by atoms with van der Waals surface area (Å²) in [7, 11) is 9.71. The van der Waals surface area contributed by atoms with Crippen molar-refractivity contribution in [3.05, 3.63) is 0 Å². The second-order valence-corrected chi connectivity index (χ2v) is 6.98. The molecule has 0 heterocycles. The molecule has 0 radical (unpaired) electrons. The third-order valence-electron chi connectivity index (χ3n) is 2.17. The zero-order valence-electron chi connectivity index (χ0n) is 12.0. The molecule has 0 aromatic carbocycles. The van der Waals surface area contributed by atoms with Crippen molar-refractivity contribution in [2.24, 2.45) is 0 Å². The molecule has 0 aliphatic rings. The standard InChI is InChI=1S/2C6H14O2.2ClH.Ru/c2*1-3-6(8)4-5(2)7;;;/h2*5-8H,3-4H2,1-2H3;2*1H;/q;;;;+2/p-2. The molecule has 7 heteroatoms. The van der Waals surface area contributed by atoms with E-state index in [-0.39, 0.29) is 39.6 Å². The second-order valence-electron chi connectivity index (χ2n) is 4.34. The zero-order chi connectivity index (χ0) is 15.8. The molecule has 0 spiro atoms. The first-order valence-corrected chi connectivity index (χ1v) is 10.8. The van der Waals surface area contributed by atoms with Crippen molar-refractivity contribution in [1.82, 2.24) is 0 Å². The van der Waals surface area contributed by atoms with Crippen LogP contribution in [0.4, 0.5) is 0 Å². The van der Waals surface area contributed by atoms with Crippen LogP contribution in [0.3, 0.4) is 0 Å². The number of aliphatic hydroxyl groups is 4. The van der Waals surface area contributed by atoms with Crippen molar-refractivity contribution < 1.29 is 35.6 Å². The van der Waals surface area contributed by atoms with E-state index < -0.39 is 0 Å². The van der Waals surface area contributed by atoms with Crippen LogP contribution in [0.2, 0.25) is 0 Å². The number of hydrogen-bond donors (Lipinski definition) is 4. The molecule has 0 fully saturated rings. The van der Waals surface area contributed by atoms with Crippen molar-refractivity contribution in [3.63, 3.8) is 0 Å². The summed E-state index contributed by atoms with van der Waals surface area (Å²) in [6, 6.07) is 0. The molecule has 19 heavy (non-hydrogen) atoms. The average Bonchev–Trinajstić information content (AvgIpc) is 2.29. The summed E-state index contributed by atoms with van der Waals surface area (Å²) < 4.78 is 0. The van der Waals surface area contributed by atoms with Gasteiger partial charge in [-0.25, -0.2) is 0 Å². The molecule has 4 N–H and O–H groups in total. The molecule has 0 aromatic heterocycles. The molecule has 0 aliphatic heterocycles. The Hall–Kier alpha value is 1.04. The van der Waals surface area contributed by atoms with E-state index in [1.54, 1.807) is 13.8 Å². The molecule has 122 valence electrons. The summed E-state index contributed by atoms with van der Waals surface area (Å²) >= 11 is -0.346. The molecule has 0 aromatic rings. The Morgan fingerprint density at radius 2 is 1.00 bits per heavy atom. The Morgan fingerprint density at radius 1 is 0.789 bits per heavy atom. The molecule has 0 rings (SSSR count). The van der Waals surface area contributed by atoms with E-state index in [4.69, 9.17) is 39.8 Å². The van der Waals surface area contributed by atoms with Crippen LogP contribution in [0.25, 0.3) is 0 Å². The molecule has 0 aliphatic carbocycles. The third-order valence-corrected chi connectivity index (χ3v) is 2.17. The summed E-state index contributed by atoms with van der Waals surface area (Å²) in [5, 5.41) is 35.1. The molecule has 4 unspecified atom stereocenters. The quantitative estimate of drug-likeness (QED) is 0.509. The summed E-state index contributed by atoms with van der Waals surface area (Å²) in [4.78, 5) is 0. The van der Waals surface area contributed by atoms with Crippen molar-refractivity contribution in [2.45, 2.75) is 77.8 Å². The van der Waals surface area contributed by atoms with E-state index in [9.17, 15) is 0 Å². The summed E-state index contributed by atoms with van der Waals surface area (Å²) in [6.45, 7) is 7.15. The van der Waals surface area contributed by atoms with E-state index in [0.29, 0.717) is 12.8 Å². The molecular formula is C12H28Cl2O4Ru. The maximum atomic E-state index is 8.87. The molecule has 0 bridgehead atoms. The van der Waals surface area contributed by atoms with Gasteiger partial charge in [0.15, 0.2) is 0 Å². The van der Waals surface area contributed by atoms with Crippen LogP contribution in [-0.2, 0) is 15.1 Å². The average molecular weight is 408 g/mol. The topological polar surface area (TPSA) is 80.9 Å². The van der Waals surface area contributed by atoms with Crippen LogP contribution in [0, 0.1) is 0 Å². The van der Waals surface area contributed by atoms with Gasteiger partial charge in [0, 0.05) is 0 Å². The first kappa shape index (κ1) is 25.0. The molecule has 0 saturated carbocycles. The Balaban J connectivity index is -0.000000224.